The Morgan fingerprint density at radius 2 is 1.86 bits per heavy atom. The molecule has 0 spiro atoms. The van der Waals surface area contributed by atoms with Crippen LogP contribution in [0.15, 0.2) is 47.1 Å². The Bertz CT molecular complexity index is 821. The molecule has 1 amide bonds. The molecular weight excluding hydrogens is 330 g/mol. The first-order chi connectivity index (χ1) is 10.0. The maximum Gasteiger partial charge on any atom is 0.274 e. The Kier molecular flexibility index (Phi) is 3.51. The number of nitrogens with zero attached hydrogens (tertiary/aromatic N) is 2. The van der Waals surface area contributed by atoms with Gasteiger partial charge in [-0.05, 0) is 54.0 Å². The summed E-state index contributed by atoms with van der Waals surface area (Å²) >= 11 is 3.42. The summed E-state index contributed by atoms with van der Waals surface area (Å²) < 4.78 is 2.69. The highest BCUT2D eigenvalue weighted by atomic mass is 79.9. The van der Waals surface area contributed by atoms with E-state index in [-0.39, 0.29) is 5.91 Å². The first-order valence-electron chi connectivity index (χ1n) is 6.57. The van der Waals surface area contributed by atoms with Gasteiger partial charge in [-0.3, -0.25) is 9.20 Å². The number of rotatable bonds is 2. The number of hydrogen-bond acceptors (Lipinski definition) is 2. The summed E-state index contributed by atoms with van der Waals surface area (Å²) in [4.78, 5) is 16.9. The van der Waals surface area contributed by atoms with Gasteiger partial charge in [-0.1, -0.05) is 17.7 Å². The van der Waals surface area contributed by atoms with Crippen molar-refractivity contribution in [2.24, 2.45) is 0 Å². The number of benzene rings is 1. The molecule has 4 nitrogen and oxygen atoms in total. The lowest BCUT2D eigenvalue weighted by molar-refractivity contribution is 0.102. The Balaban J connectivity index is 1.99. The van der Waals surface area contributed by atoms with Gasteiger partial charge < -0.3 is 5.32 Å². The van der Waals surface area contributed by atoms with Crippen LogP contribution < -0.4 is 5.32 Å². The van der Waals surface area contributed by atoms with E-state index in [2.05, 4.69) is 26.2 Å². The number of nitrogens with one attached hydrogen (secondary N) is 1. The van der Waals surface area contributed by atoms with Crippen LogP contribution >= 0.6 is 15.9 Å². The zero-order valence-electron chi connectivity index (χ0n) is 11.7. The van der Waals surface area contributed by atoms with E-state index >= 15 is 0 Å². The average molecular weight is 344 g/mol. The van der Waals surface area contributed by atoms with Crippen LogP contribution in [0.5, 0.6) is 0 Å². The van der Waals surface area contributed by atoms with Gasteiger partial charge in [0.15, 0.2) is 0 Å². The number of anilines is 1. The number of aromatic nitrogens is 2. The monoisotopic (exact) mass is 343 g/mol. The standard InChI is InChI=1S/C16H14BrN3O/c1-10-3-6-13(7-4-10)19-16(21)15-11(2)18-14-8-5-12(17)9-20(14)15/h3-9H,1-2H3,(H,19,21). The summed E-state index contributed by atoms with van der Waals surface area (Å²) in [6.07, 6.45) is 1.85. The van der Waals surface area contributed by atoms with E-state index in [1.54, 1.807) is 4.40 Å². The zero-order valence-corrected chi connectivity index (χ0v) is 13.3. The third-order valence-corrected chi connectivity index (χ3v) is 3.75. The van der Waals surface area contributed by atoms with E-state index in [0.717, 1.165) is 21.4 Å². The number of pyridine rings is 1. The number of aryl methyl sites for hydroxylation is 2. The Labute approximate surface area is 131 Å². The maximum atomic E-state index is 12.5. The van der Waals surface area contributed by atoms with Crippen LogP contribution in [0.4, 0.5) is 5.69 Å². The van der Waals surface area contributed by atoms with Crippen LogP contribution in [0, 0.1) is 13.8 Å². The van der Waals surface area contributed by atoms with Gasteiger partial charge in [-0.2, -0.15) is 0 Å². The molecule has 0 unspecified atom stereocenters. The molecule has 2 heterocycles. The lowest BCUT2D eigenvalue weighted by atomic mass is 10.2. The van der Waals surface area contributed by atoms with E-state index < -0.39 is 0 Å². The molecule has 2 aromatic heterocycles. The summed E-state index contributed by atoms with van der Waals surface area (Å²) in [5.41, 5.74) is 3.94. The number of imidazole rings is 1. The number of hydrogen-bond donors (Lipinski definition) is 1. The summed E-state index contributed by atoms with van der Waals surface area (Å²) in [6.45, 7) is 3.85. The number of fused-ring (bicyclic) bond motifs is 1. The fourth-order valence-corrected chi connectivity index (χ4v) is 2.57. The van der Waals surface area contributed by atoms with Crippen molar-refractivity contribution in [2.45, 2.75) is 13.8 Å². The fourth-order valence-electron chi connectivity index (χ4n) is 2.24. The van der Waals surface area contributed by atoms with Crippen LogP contribution in [0.2, 0.25) is 0 Å². The van der Waals surface area contributed by atoms with E-state index in [0.29, 0.717) is 11.4 Å². The predicted octanol–water partition coefficient (Wildman–Crippen LogP) is 3.97. The van der Waals surface area contributed by atoms with Crippen molar-refractivity contribution < 1.29 is 4.79 Å². The molecule has 0 aliphatic rings. The molecule has 1 N–H and O–H groups in total. The Hall–Kier alpha value is -2.14. The number of carbonyl (C=O) groups is 1. The van der Waals surface area contributed by atoms with Crippen molar-refractivity contribution in [3.8, 4) is 0 Å². The minimum Gasteiger partial charge on any atom is -0.321 e. The molecular formula is C16H14BrN3O. The molecule has 3 rings (SSSR count). The smallest absolute Gasteiger partial charge is 0.274 e. The first-order valence-corrected chi connectivity index (χ1v) is 7.36. The van der Waals surface area contributed by atoms with Crippen LogP contribution in [0.3, 0.4) is 0 Å². The van der Waals surface area contributed by atoms with E-state index in [1.165, 1.54) is 0 Å². The van der Waals surface area contributed by atoms with Gasteiger partial charge in [-0.25, -0.2) is 4.98 Å². The van der Waals surface area contributed by atoms with Gasteiger partial charge in [0.05, 0.1) is 5.69 Å². The number of halogens is 1. The largest absolute Gasteiger partial charge is 0.321 e. The summed E-state index contributed by atoms with van der Waals surface area (Å²) in [5, 5.41) is 2.91. The van der Waals surface area contributed by atoms with Gasteiger partial charge in [0.1, 0.15) is 11.3 Å². The summed E-state index contributed by atoms with van der Waals surface area (Å²) in [7, 11) is 0. The van der Waals surface area contributed by atoms with Gasteiger partial charge in [0.25, 0.3) is 5.91 Å². The van der Waals surface area contributed by atoms with Crippen LogP contribution in [-0.4, -0.2) is 15.3 Å². The van der Waals surface area contributed by atoms with Crippen LogP contribution in [-0.2, 0) is 0 Å². The van der Waals surface area contributed by atoms with Gasteiger partial charge in [0, 0.05) is 16.4 Å². The van der Waals surface area contributed by atoms with Gasteiger partial charge >= 0.3 is 0 Å². The maximum absolute atomic E-state index is 12.5. The molecule has 0 atom stereocenters. The second-order valence-electron chi connectivity index (χ2n) is 4.94. The number of carbonyl (C=O) groups excluding carboxylic acids is 1. The predicted molar refractivity (Wildman–Crippen MR) is 86.8 cm³/mol. The van der Waals surface area contributed by atoms with Crippen molar-refractivity contribution in [2.75, 3.05) is 5.32 Å². The molecule has 0 saturated carbocycles. The number of amides is 1. The molecule has 0 saturated heterocycles. The second-order valence-corrected chi connectivity index (χ2v) is 5.86. The van der Waals surface area contributed by atoms with Crippen molar-refractivity contribution in [1.29, 1.82) is 0 Å². The highest BCUT2D eigenvalue weighted by molar-refractivity contribution is 9.10. The molecule has 0 aliphatic heterocycles. The third kappa shape index (κ3) is 2.69. The molecule has 5 heteroatoms. The molecule has 21 heavy (non-hydrogen) atoms. The Morgan fingerprint density at radius 3 is 2.57 bits per heavy atom. The van der Waals surface area contributed by atoms with E-state index in [1.807, 2.05) is 56.4 Å². The molecule has 106 valence electrons. The summed E-state index contributed by atoms with van der Waals surface area (Å²) in [6, 6.07) is 11.5. The lowest BCUT2D eigenvalue weighted by Gasteiger charge is -2.06. The summed E-state index contributed by atoms with van der Waals surface area (Å²) in [5.74, 6) is -0.165. The normalized spacial score (nSPS) is 10.8. The lowest BCUT2D eigenvalue weighted by Crippen LogP contribution is -2.15. The van der Waals surface area contributed by atoms with Crippen molar-refractivity contribution in [3.63, 3.8) is 0 Å². The topological polar surface area (TPSA) is 46.4 Å². The molecule has 3 aromatic rings. The fraction of sp³-hybridized carbons (Fsp3) is 0.125. The van der Waals surface area contributed by atoms with Crippen molar-refractivity contribution >= 4 is 33.2 Å². The van der Waals surface area contributed by atoms with E-state index in [4.69, 9.17) is 0 Å². The molecule has 1 aromatic carbocycles. The van der Waals surface area contributed by atoms with E-state index in [9.17, 15) is 4.79 Å². The average Bonchev–Trinajstić information content (AvgIpc) is 2.76. The molecule has 0 fully saturated rings. The van der Waals surface area contributed by atoms with Crippen LogP contribution in [0.1, 0.15) is 21.7 Å². The Morgan fingerprint density at radius 1 is 1.14 bits per heavy atom. The molecule has 0 aliphatic carbocycles. The van der Waals surface area contributed by atoms with Gasteiger partial charge in [0.2, 0.25) is 0 Å². The minimum absolute atomic E-state index is 0.165. The van der Waals surface area contributed by atoms with Crippen molar-refractivity contribution in [3.05, 3.63) is 64.0 Å². The zero-order chi connectivity index (χ0) is 15.0. The quantitative estimate of drug-likeness (QED) is 0.765. The molecule has 0 radical (unpaired) electrons. The van der Waals surface area contributed by atoms with Gasteiger partial charge in [-0.15, -0.1) is 0 Å². The highest BCUT2D eigenvalue weighted by Crippen LogP contribution is 2.18. The molecule has 0 bridgehead atoms. The first kappa shape index (κ1) is 13.8. The second kappa shape index (κ2) is 5.33. The van der Waals surface area contributed by atoms with Crippen molar-refractivity contribution in [1.82, 2.24) is 9.38 Å². The highest BCUT2D eigenvalue weighted by Gasteiger charge is 2.16. The van der Waals surface area contributed by atoms with Crippen LogP contribution in [0.25, 0.3) is 5.65 Å². The minimum atomic E-state index is -0.165. The SMILES string of the molecule is Cc1ccc(NC(=O)c2c(C)nc3ccc(Br)cn23)cc1. The third-order valence-electron chi connectivity index (χ3n) is 3.28.